The standard InChI is InChI=1S/C9H15F3N2O3/c1-6(7(15)16)3-2-4-13-8(17)14-5-9(10,11)12/h6H,2-5H2,1H3,(H,15,16)(H2,13,14,17). The highest BCUT2D eigenvalue weighted by molar-refractivity contribution is 5.73. The monoisotopic (exact) mass is 256 g/mol. The van der Waals surface area contributed by atoms with E-state index in [0.717, 1.165) is 0 Å². The van der Waals surface area contributed by atoms with Crippen molar-refractivity contribution >= 4 is 12.0 Å². The summed E-state index contributed by atoms with van der Waals surface area (Å²) < 4.78 is 35.1. The molecule has 8 heteroatoms. The summed E-state index contributed by atoms with van der Waals surface area (Å²) in [7, 11) is 0. The van der Waals surface area contributed by atoms with Crippen molar-refractivity contribution < 1.29 is 27.9 Å². The molecule has 0 radical (unpaired) electrons. The van der Waals surface area contributed by atoms with Gasteiger partial charge in [0.2, 0.25) is 0 Å². The van der Waals surface area contributed by atoms with Gasteiger partial charge in [-0.3, -0.25) is 4.79 Å². The van der Waals surface area contributed by atoms with Crippen molar-refractivity contribution in [1.29, 1.82) is 0 Å². The van der Waals surface area contributed by atoms with Gasteiger partial charge in [-0.15, -0.1) is 0 Å². The molecule has 1 unspecified atom stereocenters. The Balaban J connectivity index is 3.56. The maximum absolute atomic E-state index is 11.7. The Bertz CT molecular complexity index is 269. The van der Waals surface area contributed by atoms with E-state index in [9.17, 15) is 22.8 Å². The Morgan fingerprint density at radius 3 is 2.35 bits per heavy atom. The van der Waals surface area contributed by atoms with Crippen LogP contribution in [0.5, 0.6) is 0 Å². The van der Waals surface area contributed by atoms with E-state index >= 15 is 0 Å². The van der Waals surface area contributed by atoms with Gasteiger partial charge in [-0.1, -0.05) is 6.92 Å². The number of hydrogen-bond donors (Lipinski definition) is 3. The fourth-order valence-electron chi connectivity index (χ4n) is 0.977. The molecule has 5 nitrogen and oxygen atoms in total. The van der Waals surface area contributed by atoms with Gasteiger partial charge in [-0.2, -0.15) is 13.2 Å². The number of nitrogens with one attached hydrogen (secondary N) is 2. The summed E-state index contributed by atoms with van der Waals surface area (Å²) >= 11 is 0. The zero-order chi connectivity index (χ0) is 13.5. The molecule has 0 aliphatic rings. The quantitative estimate of drug-likeness (QED) is 0.628. The van der Waals surface area contributed by atoms with Crippen LogP contribution in [0.2, 0.25) is 0 Å². The van der Waals surface area contributed by atoms with Crippen LogP contribution in [-0.4, -0.2) is 36.4 Å². The lowest BCUT2D eigenvalue weighted by Gasteiger charge is -2.10. The smallest absolute Gasteiger partial charge is 0.405 e. The molecule has 0 aromatic heterocycles. The first-order valence-electron chi connectivity index (χ1n) is 5.03. The molecular formula is C9H15F3N2O3. The lowest BCUT2D eigenvalue weighted by molar-refractivity contribution is -0.141. The molecule has 17 heavy (non-hydrogen) atoms. The van der Waals surface area contributed by atoms with Crippen molar-refractivity contribution in [2.24, 2.45) is 5.92 Å². The third-order valence-corrected chi connectivity index (χ3v) is 1.97. The molecule has 0 rings (SSSR count). The van der Waals surface area contributed by atoms with E-state index in [1.807, 2.05) is 0 Å². The minimum atomic E-state index is -4.44. The first kappa shape index (κ1) is 15.5. The minimum absolute atomic E-state index is 0.140. The van der Waals surface area contributed by atoms with E-state index in [1.165, 1.54) is 6.92 Å². The average molecular weight is 256 g/mol. The number of alkyl halides is 3. The summed E-state index contributed by atoms with van der Waals surface area (Å²) in [6.07, 6.45) is -3.68. The SMILES string of the molecule is CC(CCCNC(=O)NCC(F)(F)F)C(=O)O. The first-order chi connectivity index (χ1) is 7.72. The second kappa shape index (κ2) is 6.97. The van der Waals surface area contributed by atoms with Crippen LogP contribution in [0.15, 0.2) is 0 Å². The number of carbonyl (C=O) groups excluding carboxylic acids is 1. The number of halogens is 3. The number of carbonyl (C=O) groups is 2. The maximum Gasteiger partial charge on any atom is 0.405 e. The molecule has 0 aromatic carbocycles. The predicted octanol–water partition coefficient (Wildman–Crippen LogP) is 1.35. The Kier molecular flexibility index (Phi) is 6.37. The van der Waals surface area contributed by atoms with Crippen molar-refractivity contribution in [1.82, 2.24) is 10.6 Å². The summed E-state index contributed by atoms with van der Waals surface area (Å²) in [4.78, 5) is 21.2. The van der Waals surface area contributed by atoms with Crippen molar-refractivity contribution in [2.75, 3.05) is 13.1 Å². The van der Waals surface area contributed by atoms with Gasteiger partial charge in [0.15, 0.2) is 0 Å². The Hall–Kier alpha value is -1.47. The highest BCUT2D eigenvalue weighted by atomic mass is 19.4. The maximum atomic E-state index is 11.7. The molecule has 0 aromatic rings. The summed E-state index contributed by atoms with van der Waals surface area (Å²) in [6.45, 7) is 0.276. The summed E-state index contributed by atoms with van der Waals surface area (Å²) in [5, 5.41) is 12.4. The van der Waals surface area contributed by atoms with E-state index < -0.39 is 30.6 Å². The van der Waals surface area contributed by atoms with E-state index in [2.05, 4.69) is 5.32 Å². The lowest BCUT2D eigenvalue weighted by Crippen LogP contribution is -2.41. The lowest BCUT2D eigenvalue weighted by atomic mass is 10.1. The third-order valence-electron chi connectivity index (χ3n) is 1.97. The van der Waals surface area contributed by atoms with Crippen LogP contribution in [0, 0.1) is 5.92 Å². The van der Waals surface area contributed by atoms with Gasteiger partial charge in [0.25, 0.3) is 0 Å². The Morgan fingerprint density at radius 2 is 1.88 bits per heavy atom. The van der Waals surface area contributed by atoms with Gasteiger partial charge in [0.1, 0.15) is 6.54 Å². The molecule has 0 spiro atoms. The second-order valence-electron chi connectivity index (χ2n) is 3.61. The third kappa shape index (κ3) is 9.46. The van der Waals surface area contributed by atoms with E-state index in [1.54, 1.807) is 5.32 Å². The number of hydrogen-bond acceptors (Lipinski definition) is 2. The number of rotatable bonds is 6. The number of carboxylic acid groups (broad SMARTS) is 1. The van der Waals surface area contributed by atoms with E-state index in [4.69, 9.17) is 5.11 Å². The molecule has 0 fully saturated rings. The number of urea groups is 1. The zero-order valence-corrected chi connectivity index (χ0v) is 9.30. The van der Waals surface area contributed by atoms with Gasteiger partial charge >= 0.3 is 18.2 Å². The van der Waals surface area contributed by atoms with Crippen LogP contribution in [0.3, 0.4) is 0 Å². The molecule has 100 valence electrons. The fourth-order valence-corrected chi connectivity index (χ4v) is 0.977. The van der Waals surface area contributed by atoms with Crippen molar-refractivity contribution in [3.63, 3.8) is 0 Å². The average Bonchev–Trinajstić information content (AvgIpc) is 2.20. The summed E-state index contributed by atoms with van der Waals surface area (Å²) in [5.41, 5.74) is 0. The molecule has 0 aliphatic carbocycles. The van der Waals surface area contributed by atoms with Crippen molar-refractivity contribution in [2.45, 2.75) is 25.9 Å². The minimum Gasteiger partial charge on any atom is -0.481 e. The second-order valence-corrected chi connectivity index (χ2v) is 3.61. The zero-order valence-electron chi connectivity index (χ0n) is 9.30. The summed E-state index contributed by atoms with van der Waals surface area (Å²) in [6, 6.07) is -0.912. The Morgan fingerprint density at radius 1 is 1.29 bits per heavy atom. The molecule has 0 heterocycles. The van der Waals surface area contributed by atoms with Gasteiger partial charge in [0, 0.05) is 6.54 Å². The molecular weight excluding hydrogens is 241 g/mol. The Labute approximate surface area is 96.4 Å². The molecule has 3 N–H and O–H groups in total. The van der Waals surface area contributed by atoms with Gasteiger partial charge < -0.3 is 15.7 Å². The highest BCUT2D eigenvalue weighted by Crippen LogP contribution is 2.11. The predicted molar refractivity (Wildman–Crippen MR) is 53.5 cm³/mol. The van der Waals surface area contributed by atoms with Gasteiger partial charge in [0.05, 0.1) is 5.92 Å². The van der Waals surface area contributed by atoms with Crippen molar-refractivity contribution in [3.8, 4) is 0 Å². The van der Waals surface area contributed by atoms with Gasteiger partial charge in [-0.25, -0.2) is 4.79 Å². The topological polar surface area (TPSA) is 78.4 Å². The van der Waals surface area contributed by atoms with E-state index in [0.29, 0.717) is 12.8 Å². The molecule has 0 bridgehead atoms. The number of amides is 2. The number of aliphatic carboxylic acids is 1. The van der Waals surface area contributed by atoms with Crippen LogP contribution < -0.4 is 10.6 Å². The highest BCUT2D eigenvalue weighted by Gasteiger charge is 2.27. The first-order valence-corrected chi connectivity index (χ1v) is 5.03. The molecule has 0 aliphatic heterocycles. The molecule has 0 saturated heterocycles. The molecule has 2 amide bonds. The van der Waals surface area contributed by atoms with Crippen LogP contribution in [0.4, 0.5) is 18.0 Å². The normalized spacial score (nSPS) is 12.9. The van der Waals surface area contributed by atoms with Crippen LogP contribution >= 0.6 is 0 Å². The van der Waals surface area contributed by atoms with E-state index in [-0.39, 0.29) is 6.54 Å². The van der Waals surface area contributed by atoms with Crippen molar-refractivity contribution in [3.05, 3.63) is 0 Å². The van der Waals surface area contributed by atoms with Crippen LogP contribution in [0.1, 0.15) is 19.8 Å². The fraction of sp³-hybridized carbons (Fsp3) is 0.778. The number of carboxylic acids is 1. The van der Waals surface area contributed by atoms with Crippen LogP contribution in [0.25, 0.3) is 0 Å². The summed E-state index contributed by atoms with van der Waals surface area (Å²) in [5.74, 6) is -1.47. The molecule has 1 atom stereocenters. The molecule has 0 saturated carbocycles. The largest absolute Gasteiger partial charge is 0.481 e. The van der Waals surface area contributed by atoms with Crippen LogP contribution in [-0.2, 0) is 4.79 Å². The van der Waals surface area contributed by atoms with Gasteiger partial charge in [-0.05, 0) is 12.8 Å².